The van der Waals surface area contributed by atoms with Crippen LogP contribution >= 0.6 is 11.8 Å². The zero-order valence-corrected chi connectivity index (χ0v) is 20.0. The Kier molecular flexibility index (Phi) is 6.55. The number of carbonyl (C=O) groups is 1. The Morgan fingerprint density at radius 2 is 2.09 bits per heavy atom. The predicted octanol–water partition coefficient (Wildman–Crippen LogP) is 4.54. The van der Waals surface area contributed by atoms with Crippen molar-refractivity contribution in [1.29, 1.82) is 0 Å². The molecule has 3 aromatic rings. The van der Waals surface area contributed by atoms with Crippen molar-refractivity contribution in [2.45, 2.75) is 32.0 Å². The molecule has 0 aliphatic carbocycles. The van der Waals surface area contributed by atoms with Crippen molar-refractivity contribution in [3.63, 3.8) is 0 Å². The highest BCUT2D eigenvalue weighted by molar-refractivity contribution is 7.99. The Morgan fingerprint density at radius 1 is 1.29 bits per heavy atom. The Morgan fingerprint density at radius 3 is 2.76 bits per heavy atom. The number of fused-ring (bicyclic) bond motifs is 1. The highest BCUT2D eigenvalue weighted by Gasteiger charge is 2.35. The molecule has 0 fully saturated rings. The van der Waals surface area contributed by atoms with E-state index in [1.165, 1.54) is 31.0 Å². The van der Waals surface area contributed by atoms with Gasteiger partial charge in [0.25, 0.3) is 5.91 Å². The van der Waals surface area contributed by atoms with Crippen LogP contribution in [0.3, 0.4) is 0 Å². The largest absolute Gasteiger partial charge is 0.490 e. The highest BCUT2D eigenvalue weighted by atomic mass is 32.2. The maximum absolute atomic E-state index is 13.5. The van der Waals surface area contributed by atoms with E-state index >= 15 is 0 Å². The van der Waals surface area contributed by atoms with Crippen molar-refractivity contribution in [1.82, 2.24) is 14.8 Å². The third kappa shape index (κ3) is 4.46. The molecule has 0 saturated heterocycles. The average molecular weight is 481 g/mol. The van der Waals surface area contributed by atoms with Gasteiger partial charge < -0.3 is 15.4 Å². The van der Waals surface area contributed by atoms with Crippen LogP contribution in [0.25, 0.3) is 0 Å². The van der Waals surface area contributed by atoms with Gasteiger partial charge in [-0.3, -0.25) is 14.9 Å². The van der Waals surface area contributed by atoms with E-state index in [4.69, 9.17) is 4.74 Å². The number of benzene rings is 2. The van der Waals surface area contributed by atoms with Crippen molar-refractivity contribution >= 4 is 35.0 Å². The van der Waals surface area contributed by atoms with E-state index in [2.05, 4.69) is 20.7 Å². The first kappa shape index (κ1) is 23.3. The monoisotopic (exact) mass is 480 g/mol. The normalized spacial score (nSPS) is 14.9. The van der Waals surface area contributed by atoms with Gasteiger partial charge in [-0.1, -0.05) is 36.9 Å². The van der Waals surface area contributed by atoms with E-state index in [1.54, 1.807) is 23.7 Å². The van der Waals surface area contributed by atoms with Crippen molar-refractivity contribution in [3.05, 3.63) is 75.0 Å². The molecule has 0 bridgehead atoms. The molecule has 1 atom stereocenters. The molecule has 34 heavy (non-hydrogen) atoms. The average Bonchev–Trinajstić information content (AvgIpc) is 3.19. The van der Waals surface area contributed by atoms with Crippen LogP contribution in [0.15, 0.2) is 58.9 Å². The Bertz CT molecular complexity index is 1300. The van der Waals surface area contributed by atoms with Crippen LogP contribution in [-0.2, 0) is 4.79 Å². The smallest absolute Gasteiger partial charge is 0.311 e. The molecule has 0 radical (unpaired) electrons. The molecule has 1 aliphatic rings. The second kappa shape index (κ2) is 9.56. The van der Waals surface area contributed by atoms with Gasteiger partial charge in [0.2, 0.25) is 11.1 Å². The minimum atomic E-state index is -0.732. The number of aryl methyl sites for hydroxylation is 1. The number of allylic oxidation sites excluding steroid dienone is 1. The van der Waals surface area contributed by atoms with E-state index < -0.39 is 11.0 Å². The van der Waals surface area contributed by atoms with Gasteiger partial charge in [0.05, 0.1) is 17.6 Å². The van der Waals surface area contributed by atoms with Crippen molar-refractivity contribution in [3.8, 4) is 5.75 Å². The quantitative estimate of drug-likeness (QED) is 0.287. The molecular formula is C23H24N6O4S. The number of hydrogen-bond donors (Lipinski definition) is 2. The summed E-state index contributed by atoms with van der Waals surface area (Å²) in [5.74, 6) is 1.03. The second-order valence-electron chi connectivity index (χ2n) is 7.67. The van der Waals surface area contributed by atoms with E-state index in [-0.39, 0.29) is 17.3 Å². The summed E-state index contributed by atoms with van der Waals surface area (Å²) in [6, 6.07) is 11.4. The fourth-order valence-corrected chi connectivity index (χ4v) is 4.42. The fraction of sp³-hybridized carbons (Fsp3) is 0.261. The summed E-state index contributed by atoms with van der Waals surface area (Å²) in [6.45, 7) is 5.71. The van der Waals surface area contributed by atoms with Gasteiger partial charge in [-0.05, 0) is 48.9 Å². The van der Waals surface area contributed by atoms with Crippen LogP contribution in [0.4, 0.5) is 17.3 Å². The molecule has 176 valence electrons. The molecule has 1 aliphatic heterocycles. The Labute approximate surface area is 200 Å². The lowest BCUT2D eigenvalue weighted by Gasteiger charge is -2.28. The van der Waals surface area contributed by atoms with Gasteiger partial charge in [0.15, 0.2) is 5.75 Å². The molecule has 2 aromatic carbocycles. The Hall–Kier alpha value is -3.86. The molecule has 10 nitrogen and oxygen atoms in total. The second-order valence-corrected chi connectivity index (χ2v) is 8.90. The summed E-state index contributed by atoms with van der Waals surface area (Å²) in [7, 11) is 1.38. The number of rotatable bonds is 7. The lowest BCUT2D eigenvalue weighted by molar-refractivity contribution is -0.385. The molecule has 0 saturated carbocycles. The van der Waals surface area contributed by atoms with Crippen LogP contribution in [0, 0.1) is 17.0 Å². The standard InChI is InChI=1S/C23H24N6O4S/c1-5-34-23-26-22-24-14(3)19(21(30)25-16-8-6-7-13(2)11-16)20(28(22)27-23)15-9-10-18(33-4)17(12-15)29(31)32/h6-12,20H,5H2,1-4H3,(H,25,30)(H,24,26,27). The van der Waals surface area contributed by atoms with E-state index in [0.717, 1.165) is 11.3 Å². The lowest BCUT2D eigenvalue weighted by Crippen LogP contribution is -2.31. The first-order chi connectivity index (χ1) is 16.3. The van der Waals surface area contributed by atoms with Crippen LogP contribution in [-0.4, -0.2) is 38.5 Å². The summed E-state index contributed by atoms with van der Waals surface area (Å²) in [5, 5.41) is 22.9. The van der Waals surface area contributed by atoms with E-state index in [0.29, 0.717) is 33.6 Å². The predicted molar refractivity (Wildman–Crippen MR) is 130 cm³/mol. The molecule has 1 unspecified atom stereocenters. The van der Waals surface area contributed by atoms with E-state index in [1.807, 2.05) is 32.0 Å². The molecule has 1 aromatic heterocycles. The number of thioether (sulfide) groups is 1. The lowest BCUT2D eigenvalue weighted by atomic mass is 9.94. The third-order valence-electron chi connectivity index (χ3n) is 5.34. The minimum Gasteiger partial charge on any atom is -0.490 e. The first-order valence-electron chi connectivity index (χ1n) is 10.6. The summed E-state index contributed by atoms with van der Waals surface area (Å²) in [4.78, 5) is 29.2. The number of nitro benzene ring substituents is 1. The minimum absolute atomic E-state index is 0.134. The van der Waals surface area contributed by atoms with Gasteiger partial charge in [-0.25, -0.2) is 4.68 Å². The zero-order valence-electron chi connectivity index (χ0n) is 19.2. The third-order valence-corrected chi connectivity index (χ3v) is 6.06. The van der Waals surface area contributed by atoms with Crippen LogP contribution in [0.1, 0.15) is 31.0 Å². The Balaban J connectivity index is 1.84. The summed E-state index contributed by atoms with van der Waals surface area (Å²) < 4.78 is 6.76. The number of nitro groups is 1. The topological polar surface area (TPSA) is 124 Å². The summed E-state index contributed by atoms with van der Waals surface area (Å²) >= 11 is 1.46. The number of nitrogens with one attached hydrogen (secondary N) is 2. The molecule has 11 heteroatoms. The summed E-state index contributed by atoms with van der Waals surface area (Å²) in [5.41, 5.74) is 2.94. The van der Waals surface area contributed by atoms with Crippen LogP contribution in [0.2, 0.25) is 0 Å². The number of methoxy groups -OCH3 is 1. The number of carbonyl (C=O) groups excluding carboxylic acids is 1. The van der Waals surface area contributed by atoms with Crippen molar-refractivity contribution in [2.75, 3.05) is 23.5 Å². The van der Waals surface area contributed by atoms with Crippen LogP contribution < -0.4 is 15.4 Å². The maximum atomic E-state index is 13.5. The van der Waals surface area contributed by atoms with Gasteiger partial charge in [-0.15, -0.1) is 5.10 Å². The fourth-order valence-electron chi connectivity index (χ4n) is 3.86. The molecule has 2 heterocycles. The van der Waals surface area contributed by atoms with Crippen molar-refractivity contribution < 1.29 is 14.5 Å². The number of nitrogens with zero attached hydrogens (tertiary/aromatic N) is 4. The molecule has 2 N–H and O–H groups in total. The van der Waals surface area contributed by atoms with Crippen LogP contribution in [0.5, 0.6) is 5.75 Å². The summed E-state index contributed by atoms with van der Waals surface area (Å²) in [6.07, 6.45) is 0. The molecule has 1 amide bonds. The number of hydrogen-bond acceptors (Lipinski definition) is 8. The first-order valence-corrected chi connectivity index (χ1v) is 11.6. The van der Waals surface area contributed by atoms with E-state index in [9.17, 15) is 14.9 Å². The van der Waals surface area contributed by atoms with Gasteiger partial charge in [0, 0.05) is 17.5 Å². The zero-order chi connectivity index (χ0) is 24.4. The number of anilines is 2. The molecule has 0 spiro atoms. The molecule has 4 rings (SSSR count). The highest BCUT2D eigenvalue weighted by Crippen LogP contribution is 2.39. The maximum Gasteiger partial charge on any atom is 0.311 e. The number of aromatic nitrogens is 3. The number of ether oxygens (including phenoxy) is 1. The van der Waals surface area contributed by atoms with Gasteiger partial charge in [0.1, 0.15) is 6.04 Å². The van der Waals surface area contributed by atoms with Gasteiger partial charge >= 0.3 is 5.69 Å². The molecular weight excluding hydrogens is 456 g/mol. The van der Waals surface area contributed by atoms with Crippen molar-refractivity contribution in [2.24, 2.45) is 0 Å². The number of amides is 1. The van der Waals surface area contributed by atoms with Gasteiger partial charge in [-0.2, -0.15) is 4.98 Å². The SMILES string of the molecule is CCSc1nc2n(n1)C(c1ccc(OC)c([N+](=O)[O-])c1)C(C(=O)Nc1cccc(C)c1)=C(C)N2.